The van der Waals surface area contributed by atoms with E-state index in [2.05, 4.69) is 15.5 Å². The Morgan fingerprint density at radius 3 is 2.46 bits per heavy atom. The molecule has 0 aliphatic heterocycles. The average molecular weight is 368 g/mol. The highest BCUT2D eigenvalue weighted by molar-refractivity contribution is 7.99. The molecule has 0 spiro atoms. The molecule has 26 heavy (non-hydrogen) atoms. The first-order valence-corrected chi connectivity index (χ1v) is 9.20. The first-order valence-electron chi connectivity index (χ1n) is 8.22. The molecule has 1 N–H and O–H groups in total. The zero-order chi connectivity index (χ0) is 18.4. The minimum atomic E-state index is -0.248. The van der Waals surface area contributed by atoms with E-state index in [0.29, 0.717) is 11.0 Å². The van der Waals surface area contributed by atoms with Gasteiger partial charge in [0.2, 0.25) is 5.91 Å². The number of nitrogens with one attached hydrogen (secondary N) is 1. The number of benzene rings is 2. The Labute approximate surface area is 156 Å². The quantitative estimate of drug-likeness (QED) is 0.644. The zero-order valence-corrected chi connectivity index (χ0v) is 15.4. The van der Waals surface area contributed by atoms with Gasteiger partial charge in [-0.15, -0.1) is 10.2 Å². The van der Waals surface area contributed by atoms with Crippen LogP contribution in [0.2, 0.25) is 0 Å². The fourth-order valence-corrected chi connectivity index (χ4v) is 3.13. The van der Waals surface area contributed by atoms with E-state index in [1.165, 1.54) is 11.8 Å². The van der Waals surface area contributed by atoms with Crippen molar-refractivity contribution in [1.29, 1.82) is 0 Å². The number of anilines is 1. The Kier molecular flexibility index (Phi) is 5.91. The highest BCUT2D eigenvalue weighted by atomic mass is 32.2. The number of hydrogen-bond acceptors (Lipinski definition) is 5. The number of carbonyl (C=O) groups excluding carboxylic acids is 1. The van der Waals surface area contributed by atoms with Crippen molar-refractivity contribution < 1.29 is 9.53 Å². The van der Waals surface area contributed by atoms with E-state index in [0.717, 1.165) is 11.4 Å². The molecular formula is C19H20N4O2S. The van der Waals surface area contributed by atoms with Gasteiger partial charge in [0.1, 0.15) is 5.75 Å². The molecule has 1 aromatic heterocycles. The van der Waals surface area contributed by atoms with Crippen LogP contribution in [0.3, 0.4) is 0 Å². The second-order valence-corrected chi connectivity index (χ2v) is 6.62. The topological polar surface area (TPSA) is 69.0 Å². The van der Waals surface area contributed by atoms with Gasteiger partial charge in [-0.2, -0.15) is 0 Å². The van der Waals surface area contributed by atoms with Crippen LogP contribution in [0.25, 0.3) is 0 Å². The molecule has 1 atom stereocenters. The summed E-state index contributed by atoms with van der Waals surface area (Å²) < 4.78 is 7.74. The molecule has 0 saturated carbocycles. The minimum absolute atomic E-state index is 0.0839. The molecule has 0 fully saturated rings. The van der Waals surface area contributed by atoms with Gasteiger partial charge in [0.05, 0.1) is 5.75 Å². The van der Waals surface area contributed by atoms with Gasteiger partial charge in [-0.3, -0.25) is 4.79 Å². The summed E-state index contributed by atoms with van der Waals surface area (Å²) in [6, 6.07) is 19.0. The van der Waals surface area contributed by atoms with Crippen LogP contribution in [0, 0.1) is 0 Å². The van der Waals surface area contributed by atoms with Crippen LogP contribution in [0.1, 0.15) is 18.9 Å². The Balaban J connectivity index is 1.57. The third kappa shape index (κ3) is 4.64. The number of rotatable bonds is 7. The van der Waals surface area contributed by atoms with Crippen molar-refractivity contribution >= 4 is 23.4 Å². The number of ether oxygens (including phenoxy) is 1. The summed E-state index contributed by atoms with van der Waals surface area (Å²) in [5.74, 6) is 1.66. The van der Waals surface area contributed by atoms with Crippen LogP contribution in [0.15, 0.2) is 65.8 Å². The standard InChI is InChI=1S/C19H20N4O2S/c1-14(25-16-11-7-4-8-12-16)18-21-22-19(23(18)2)26-13-17(24)20-15-9-5-3-6-10-15/h3-12,14H,13H2,1-2H3,(H,20,24)/t14-/m1/s1. The van der Waals surface area contributed by atoms with E-state index in [1.807, 2.05) is 79.2 Å². The zero-order valence-electron chi connectivity index (χ0n) is 14.6. The van der Waals surface area contributed by atoms with E-state index in [-0.39, 0.29) is 17.8 Å². The van der Waals surface area contributed by atoms with Crippen LogP contribution < -0.4 is 10.1 Å². The monoisotopic (exact) mass is 368 g/mol. The molecule has 0 radical (unpaired) electrons. The van der Waals surface area contributed by atoms with Crippen LogP contribution in [0.4, 0.5) is 5.69 Å². The van der Waals surface area contributed by atoms with Gasteiger partial charge in [0.15, 0.2) is 17.1 Å². The largest absolute Gasteiger partial charge is 0.483 e. The molecule has 2 aromatic carbocycles. The van der Waals surface area contributed by atoms with Crippen molar-refractivity contribution in [3.63, 3.8) is 0 Å². The van der Waals surface area contributed by atoms with Crippen LogP contribution in [0.5, 0.6) is 5.75 Å². The van der Waals surface area contributed by atoms with Crippen molar-refractivity contribution in [2.24, 2.45) is 7.05 Å². The average Bonchev–Trinajstić information content (AvgIpc) is 3.02. The van der Waals surface area contributed by atoms with Crippen molar-refractivity contribution in [3.8, 4) is 5.75 Å². The maximum Gasteiger partial charge on any atom is 0.234 e. The fraction of sp³-hybridized carbons (Fsp3) is 0.211. The second-order valence-electron chi connectivity index (χ2n) is 5.68. The van der Waals surface area contributed by atoms with Gasteiger partial charge in [-0.1, -0.05) is 48.2 Å². The maximum atomic E-state index is 12.1. The van der Waals surface area contributed by atoms with Gasteiger partial charge in [0, 0.05) is 12.7 Å². The smallest absolute Gasteiger partial charge is 0.234 e. The van der Waals surface area contributed by atoms with E-state index >= 15 is 0 Å². The summed E-state index contributed by atoms with van der Waals surface area (Å²) >= 11 is 1.34. The SMILES string of the molecule is C[C@@H](Oc1ccccc1)c1nnc(SCC(=O)Nc2ccccc2)n1C. The van der Waals surface area contributed by atoms with Crippen molar-refractivity contribution in [2.75, 3.05) is 11.1 Å². The summed E-state index contributed by atoms with van der Waals surface area (Å²) in [7, 11) is 1.87. The molecule has 1 amide bonds. The molecular weight excluding hydrogens is 348 g/mol. The summed E-state index contributed by atoms with van der Waals surface area (Å²) in [5, 5.41) is 11.9. The summed E-state index contributed by atoms with van der Waals surface area (Å²) in [6.07, 6.45) is -0.248. The minimum Gasteiger partial charge on any atom is -0.483 e. The van der Waals surface area contributed by atoms with Crippen molar-refractivity contribution in [2.45, 2.75) is 18.2 Å². The van der Waals surface area contributed by atoms with E-state index < -0.39 is 0 Å². The van der Waals surface area contributed by atoms with Crippen LogP contribution in [-0.4, -0.2) is 26.4 Å². The van der Waals surface area contributed by atoms with Crippen LogP contribution >= 0.6 is 11.8 Å². The van der Waals surface area contributed by atoms with Gasteiger partial charge < -0.3 is 14.6 Å². The van der Waals surface area contributed by atoms with Gasteiger partial charge in [-0.25, -0.2) is 0 Å². The molecule has 0 aliphatic rings. The molecule has 0 unspecified atom stereocenters. The highest BCUT2D eigenvalue weighted by Crippen LogP contribution is 2.23. The van der Waals surface area contributed by atoms with Crippen molar-refractivity contribution in [3.05, 3.63) is 66.5 Å². The Bertz CT molecular complexity index is 852. The van der Waals surface area contributed by atoms with Gasteiger partial charge in [-0.05, 0) is 31.2 Å². The molecule has 7 heteroatoms. The fourth-order valence-electron chi connectivity index (χ4n) is 2.41. The van der Waals surface area contributed by atoms with Crippen molar-refractivity contribution in [1.82, 2.24) is 14.8 Å². The number of nitrogens with zero attached hydrogens (tertiary/aromatic N) is 3. The lowest BCUT2D eigenvalue weighted by molar-refractivity contribution is -0.113. The molecule has 3 rings (SSSR count). The predicted octanol–water partition coefficient (Wildman–Crippen LogP) is 3.69. The molecule has 6 nitrogen and oxygen atoms in total. The first-order chi connectivity index (χ1) is 12.6. The Morgan fingerprint density at radius 1 is 1.12 bits per heavy atom. The van der Waals surface area contributed by atoms with Gasteiger partial charge >= 0.3 is 0 Å². The second kappa shape index (κ2) is 8.53. The highest BCUT2D eigenvalue weighted by Gasteiger charge is 2.18. The maximum absolute atomic E-state index is 12.1. The Morgan fingerprint density at radius 2 is 1.77 bits per heavy atom. The number of amides is 1. The molecule has 134 valence electrons. The van der Waals surface area contributed by atoms with E-state index in [1.54, 1.807) is 0 Å². The van der Waals surface area contributed by atoms with E-state index in [4.69, 9.17) is 4.74 Å². The number of thioether (sulfide) groups is 1. The molecule has 0 bridgehead atoms. The molecule has 0 aliphatic carbocycles. The van der Waals surface area contributed by atoms with Crippen LogP contribution in [-0.2, 0) is 11.8 Å². The Hall–Kier alpha value is -2.80. The van der Waals surface area contributed by atoms with Gasteiger partial charge in [0.25, 0.3) is 0 Å². The molecule has 0 saturated heterocycles. The molecule has 1 heterocycles. The predicted molar refractivity (Wildman–Crippen MR) is 102 cm³/mol. The lowest BCUT2D eigenvalue weighted by Gasteiger charge is -2.14. The summed E-state index contributed by atoms with van der Waals surface area (Å²) in [4.78, 5) is 12.1. The lowest BCUT2D eigenvalue weighted by Crippen LogP contribution is -2.14. The third-order valence-electron chi connectivity index (χ3n) is 3.68. The van der Waals surface area contributed by atoms with E-state index in [9.17, 15) is 4.79 Å². The third-order valence-corrected chi connectivity index (χ3v) is 4.70. The summed E-state index contributed by atoms with van der Waals surface area (Å²) in [5.41, 5.74) is 0.779. The number of aromatic nitrogens is 3. The first kappa shape index (κ1) is 18.0. The lowest BCUT2D eigenvalue weighted by atomic mass is 10.3. The molecule has 3 aromatic rings. The number of hydrogen-bond donors (Lipinski definition) is 1. The number of carbonyl (C=O) groups is 1. The summed E-state index contributed by atoms with van der Waals surface area (Å²) in [6.45, 7) is 1.92. The normalized spacial score (nSPS) is 11.8. The number of para-hydroxylation sites is 2.